The first kappa shape index (κ1) is 24.3. The van der Waals surface area contributed by atoms with Crippen molar-refractivity contribution in [3.63, 3.8) is 0 Å². The second-order valence-corrected chi connectivity index (χ2v) is 7.52. The molecule has 0 saturated carbocycles. The number of hydrogen-bond donors (Lipinski definition) is 1. The lowest BCUT2D eigenvalue weighted by atomic mass is 9.93. The fraction of sp³-hybridized carbons (Fsp3) is 0.545. The van der Waals surface area contributed by atoms with Gasteiger partial charge in [-0.3, -0.25) is 4.99 Å². The van der Waals surface area contributed by atoms with E-state index in [4.69, 9.17) is 9.47 Å². The summed E-state index contributed by atoms with van der Waals surface area (Å²) in [5, 5.41) is 3.50. The first-order valence-corrected chi connectivity index (χ1v) is 10.4. The van der Waals surface area contributed by atoms with Crippen LogP contribution in [0.4, 0.5) is 0 Å². The Balaban J connectivity index is 0.00000320. The first-order valence-electron chi connectivity index (χ1n) is 10.4. The molecule has 0 radical (unpaired) electrons. The van der Waals surface area contributed by atoms with E-state index in [-0.39, 0.29) is 24.0 Å². The minimum Gasteiger partial charge on any atom is -0.493 e. The van der Waals surface area contributed by atoms with Crippen LogP contribution in [0.5, 0.6) is 11.5 Å². The molecule has 166 valence electrons. The van der Waals surface area contributed by atoms with Crippen LogP contribution in [0, 0.1) is 5.92 Å². The number of imidazole rings is 1. The normalized spacial score (nSPS) is 19.2. The molecule has 1 aromatic heterocycles. The lowest BCUT2D eigenvalue weighted by Crippen LogP contribution is -2.48. The largest absolute Gasteiger partial charge is 0.493 e. The summed E-state index contributed by atoms with van der Waals surface area (Å²) in [6.07, 6.45) is 7.91. The van der Waals surface area contributed by atoms with Gasteiger partial charge in [-0.25, -0.2) is 4.98 Å². The average Bonchev–Trinajstić information content (AvgIpc) is 3.28. The van der Waals surface area contributed by atoms with Crippen LogP contribution < -0.4 is 14.8 Å². The number of hydrogen-bond acceptors (Lipinski definition) is 4. The van der Waals surface area contributed by atoms with Gasteiger partial charge in [0.15, 0.2) is 17.5 Å². The number of piperidine rings is 1. The number of rotatable bonds is 7. The van der Waals surface area contributed by atoms with E-state index in [1.807, 2.05) is 31.7 Å². The van der Waals surface area contributed by atoms with Crippen molar-refractivity contribution in [2.75, 3.05) is 33.9 Å². The number of guanidine groups is 1. The monoisotopic (exact) mass is 527 g/mol. The number of nitrogens with one attached hydrogen (secondary N) is 1. The van der Waals surface area contributed by atoms with Gasteiger partial charge in [-0.2, -0.15) is 0 Å². The molecular formula is C22H34IN5O2. The highest BCUT2D eigenvalue weighted by Crippen LogP contribution is 2.29. The number of benzene rings is 1. The van der Waals surface area contributed by atoms with Gasteiger partial charge in [-0.1, -0.05) is 19.9 Å². The van der Waals surface area contributed by atoms with Crippen LogP contribution in [0.15, 0.2) is 41.9 Å². The van der Waals surface area contributed by atoms with Gasteiger partial charge in [0.05, 0.1) is 26.1 Å². The van der Waals surface area contributed by atoms with Gasteiger partial charge in [-0.05, 0) is 36.5 Å². The standard InChI is InChI=1S/C22H33N5O2.HI/c1-5-12-29-20-7-6-18(13-21(20)28-4)14-25-22(23-3)26-10-8-17(2)19(15-26)27-11-9-24-16-27;/h6-7,9,11,13,16-17,19H,5,8,10,12,14-15H2,1-4H3,(H,23,25);1H. The van der Waals surface area contributed by atoms with Crippen molar-refractivity contribution in [2.45, 2.75) is 39.3 Å². The van der Waals surface area contributed by atoms with Crippen LogP contribution in [-0.4, -0.2) is 54.3 Å². The lowest BCUT2D eigenvalue weighted by Gasteiger charge is -2.39. The SMILES string of the molecule is CCCOc1ccc(CNC(=NC)N2CCC(C)C(n3ccnc3)C2)cc1OC.I. The summed E-state index contributed by atoms with van der Waals surface area (Å²) in [5.41, 5.74) is 1.13. The van der Waals surface area contributed by atoms with Crippen molar-refractivity contribution < 1.29 is 9.47 Å². The predicted molar refractivity (Wildman–Crippen MR) is 131 cm³/mol. The van der Waals surface area contributed by atoms with Crippen molar-refractivity contribution in [3.05, 3.63) is 42.5 Å². The van der Waals surface area contributed by atoms with E-state index >= 15 is 0 Å². The van der Waals surface area contributed by atoms with Gasteiger partial charge in [-0.15, -0.1) is 24.0 Å². The number of likely N-dealkylation sites (tertiary alicyclic amines) is 1. The van der Waals surface area contributed by atoms with Gasteiger partial charge < -0.3 is 24.3 Å². The second-order valence-electron chi connectivity index (χ2n) is 7.52. The molecule has 2 unspecified atom stereocenters. The van der Waals surface area contributed by atoms with Gasteiger partial charge >= 0.3 is 0 Å². The zero-order valence-electron chi connectivity index (χ0n) is 18.4. The van der Waals surface area contributed by atoms with Crippen LogP contribution >= 0.6 is 24.0 Å². The molecule has 2 aromatic rings. The van der Waals surface area contributed by atoms with Gasteiger partial charge in [0.1, 0.15) is 0 Å². The summed E-state index contributed by atoms with van der Waals surface area (Å²) in [6, 6.07) is 6.48. The van der Waals surface area contributed by atoms with E-state index in [1.54, 1.807) is 7.11 Å². The first-order chi connectivity index (χ1) is 14.2. The summed E-state index contributed by atoms with van der Waals surface area (Å²) < 4.78 is 13.5. The molecule has 2 heterocycles. The molecule has 0 bridgehead atoms. The summed E-state index contributed by atoms with van der Waals surface area (Å²) in [6.45, 7) is 7.69. The Morgan fingerprint density at radius 1 is 1.33 bits per heavy atom. The van der Waals surface area contributed by atoms with Gasteiger partial charge in [0, 0.05) is 39.1 Å². The molecule has 2 atom stereocenters. The second kappa shape index (κ2) is 12.0. The van der Waals surface area contributed by atoms with E-state index < -0.39 is 0 Å². The Labute approximate surface area is 196 Å². The third kappa shape index (κ3) is 6.02. The van der Waals surface area contributed by atoms with E-state index in [2.05, 4.69) is 50.9 Å². The topological polar surface area (TPSA) is 63.9 Å². The molecule has 1 aliphatic rings. The quantitative estimate of drug-likeness (QED) is 0.336. The van der Waals surface area contributed by atoms with Crippen LogP contribution in [0.25, 0.3) is 0 Å². The van der Waals surface area contributed by atoms with Crippen molar-refractivity contribution in [3.8, 4) is 11.5 Å². The van der Waals surface area contributed by atoms with Crippen molar-refractivity contribution in [1.82, 2.24) is 19.8 Å². The third-order valence-corrected chi connectivity index (χ3v) is 5.48. The zero-order valence-corrected chi connectivity index (χ0v) is 20.7. The highest BCUT2D eigenvalue weighted by atomic mass is 127. The molecule has 1 aliphatic heterocycles. The average molecular weight is 527 g/mol. The smallest absolute Gasteiger partial charge is 0.193 e. The number of ether oxygens (including phenoxy) is 2. The fourth-order valence-corrected chi connectivity index (χ4v) is 3.76. The molecule has 0 amide bonds. The van der Waals surface area contributed by atoms with Gasteiger partial charge in [0.25, 0.3) is 0 Å². The molecule has 1 N–H and O–H groups in total. The van der Waals surface area contributed by atoms with Crippen LogP contribution in [0.3, 0.4) is 0 Å². The van der Waals surface area contributed by atoms with E-state index in [0.29, 0.717) is 25.1 Å². The Bertz CT molecular complexity index is 797. The van der Waals surface area contributed by atoms with E-state index in [9.17, 15) is 0 Å². The highest BCUT2D eigenvalue weighted by Gasteiger charge is 2.28. The Hall–Kier alpha value is -1.97. The molecule has 3 rings (SSSR count). The number of aliphatic imine (C=N–C) groups is 1. The zero-order chi connectivity index (χ0) is 20.6. The van der Waals surface area contributed by atoms with Crippen molar-refractivity contribution >= 4 is 29.9 Å². The minimum atomic E-state index is 0. The van der Waals surface area contributed by atoms with Crippen LogP contribution in [-0.2, 0) is 6.54 Å². The minimum absolute atomic E-state index is 0. The summed E-state index contributed by atoms with van der Waals surface area (Å²) in [4.78, 5) is 11.1. The van der Waals surface area contributed by atoms with Crippen LogP contribution in [0.2, 0.25) is 0 Å². The fourth-order valence-electron chi connectivity index (χ4n) is 3.76. The molecule has 0 aliphatic carbocycles. The highest BCUT2D eigenvalue weighted by molar-refractivity contribution is 14.0. The molecule has 7 nitrogen and oxygen atoms in total. The Kier molecular flexibility index (Phi) is 9.74. The summed E-state index contributed by atoms with van der Waals surface area (Å²) in [5.74, 6) is 3.08. The van der Waals surface area contributed by atoms with Crippen LogP contribution in [0.1, 0.15) is 38.3 Å². The van der Waals surface area contributed by atoms with E-state index in [0.717, 1.165) is 49.0 Å². The maximum absolute atomic E-state index is 5.75. The summed E-state index contributed by atoms with van der Waals surface area (Å²) >= 11 is 0. The van der Waals surface area contributed by atoms with Crippen molar-refractivity contribution in [2.24, 2.45) is 10.9 Å². The van der Waals surface area contributed by atoms with E-state index in [1.165, 1.54) is 0 Å². The van der Waals surface area contributed by atoms with Gasteiger partial charge in [0.2, 0.25) is 0 Å². The molecular weight excluding hydrogens is 493 g/mol. The molecule has 1 saturated heterocycles. The number of aromatic nitrogens is 2. The van der Waals surface area contributed by atoms with Crippen molar-refractivity contribution in [1.29, 1.82) is 0 Å². The Morgan fingerprint density at radius 2 is 2.17 bits per heavy atom. The molecule has 1 aromatic carbocycles. The molecule has 30 heavy (non-hydrogen) atoms. The number of halogens is 1. The predicted octanol–water partition coefficient (Wildman–Crippen LogP) is 3.96. The molecule has 1 fully saturated rings. The molecule has 8 heteroatoms. The third-order valence-electron chi connectivity index (χ3n) is 5.48. The lowest BCUT2D eigenvalue weighted by molar-refractivity contribution is 0.189. The maximum atomic E-state index is 5.75. The Morgan fingerprint density at radius 3 is 2.83 bits per heavy atom. The summed E-state index contributed by atoms with van der Waals surface area (Å²) in [7, 11) is 3.52. The maximum Gasteiger partial charge on any atom is 0.193 e. The number of methoxy groups -OCH3 is 1. The molecule has 0 spiro atoms. The number of nitrogens with zero attached hydrogens (tertiary/aromatic N) is 4.